The number of likely N-dealkylation sites (N-methyl/N-ethyl adjacent to an activating group) is 1. The minimum absolute atomic E-state index is 0.263. The fourth-order valence-electron chi connectivity index (χ4n) is 1.77. The molecule has 0 aromatic carbocycles. The Labute approximate surface area is 86.0 Å². The van der Waals surface area contributed by atoms with Crippen LogP contribution in [0.25, 0.3) is 0 Å². The summed E-state index contributed by atoms with van der Waals surface area (Å²) in [6.07, 6.45) is 2.08. The minimum Gasteiger partial charge on any atom is -0.350 e. The molecular formula is C10H23N3O+2. The maximum absolute atomic E-state index is 11.6. The Kier molecular flexibility index (Phi) is 4.90. The molecule has 0 bridgehead atoms. The SMILES string of the molecule is C[NH+](C)CCNC(=O)C1CC[NH2+]CC1. The molecule has 4 N–H and O–H groups in total. The molecule has 1 aliphatic heterocycles. The summed E-state index contributed by atoms with van der Waals surface area (Å²) in [5.74, 6) is 0.538. The second-order valence-corrected chi connectivity index (χ2v) is 4.39. The molecule has 82 valence electrons. The highest BCUT2D eigenvalue weighted by Crippen LogP contribution is 2.07. The molecule has 1 amide bonds. The van der Waals surface area contributed by atoms with Crippen molar-refractivity contribution in [2.45, 2.75) is 12.8 Å². The lowest BCUT2D eigenvalue weighted by Crippen LogP contribution is -3.06. The lowest BCUT2D eigenvalue weighted by Gasteiger charge is -2.19. The molecule has 0 atom stereocenters. The van der Waals surface area contributed by atoms with Gasteiger partial charge in [-0.3, -0.25) is 4.79 Å². The van der Waals surface area contributed by atoms with Crippen molar-refractivity contribution in [2.24, 2.45) is 5.92 Å². The van der Waals surface area contributed by atoms with Gasteiger partial charge in [0.1, 0.15) is 0 Å². The molecule has 1 heterocycles. The number of carbonyl (C=O) groups excluding carboxylic acids is 1. The fraction of sp³-hybridized carbons (Fsp3) is 0.900. The monoisotopic (exact) mass is 201 g/mol. The number of carbonyl (C=O) groups is 1. The van der Waals surface area contributed by atoms with Gasteiger partial charge in [0, 0.05) is 18.8 Å². The van der Waals surface area contributed by atoms with Crippen LogP contribution in [0.2, 0.25) is 0 Å². The molecule has 0 aromatic heterocycles. The molecule has 0 aliphatic carbocycles. The van der Waals surface area contributed by atoms with Crippen LogP contribution in [0, 0.1) is 5.92 Å². The summed E-state index contributed by atoms with van der Waals surface area (Å²) in [7, 11) is 4.20. The Morgan fingerprint density at radius 2 is 2.07 bits per heavy atom. The summed E-state index contributed by atoms with van der Waals surface area (Å²) in [6.45, 7) is 4.03. The molecule has 1 rings (SSSR count). The standard InChI is InChI=1S/C10H21N3O/c1-13(2)8-7-12-10(14)9-3-5-11-6-4-9/h9,11H,3-8H2,1-2H3,(H,12,14)/p+2. The average Bonchev–Trinajstić information content (AvgIpc) is 2.18. The zero-order chi connectivity index (χ0) is 10.4. The normalized spacial score (nSPS) is 18.5. The van der Waals surface area contributed by atoms with E-state index in [0.717, 1.165) is 39.0 Å². The highest BCUT2D eigenvalue weighted by atomic mass is 16.1. The van der Waals surface area contributed by atoms with Gasteiger partial charge < -0.3 is 15.5 Å². The van der Waals surface area contributed by atoms with Crippen molar-refractivity contribution in [3.63, 3.8) is 0 Å². The Morgan fingerprint density at radius 1 is 1.43 bits per heavy atom. The van der Waals surface area contributed by atoms with Crippen LogP contribution in [-0.2, 0) is 4.79 Å². The number of piperidine rings is 1. The Bertz CT molecular complexity index is 176. The summed E-state index contributed by atoms with van der Waals surface area (Å²) >= 11 is 0. The number of nitrogens with two attached hydrogens (primary N) is 1. The molecule has 14 heavy (non-hydrogen) atoms. The topological polar surface area (TPSA) is 50.1 Å². The van der Waals surface area contributed by atoms with Crippen LogP contribution in [0.3, 0.4) is 0 Å². The van der Waals surface area contributed by atoms with E-state index in [2.05, 4.69) is 24.7 Å². The number of nitrogens with one attached hydrogen (secondary N) is 2. The van der Waals surface area contributed by atoms with Gasteiger partial charge in [-0.1, -0.05) is 0 Å². The molecule has 0 unspecified atom stereocenters. The number of quaternary nitrogens is 2. The molecule has 0 saturated carbocycles. The third-order valence-electron chi connectivity index (χ3n) is 2.73. The summed E-state index contributed by atoms with van der Waals surface area (Å²) in [4.78, 5) is 13.0. The first-order chi connectivity index (χ1) is 6.70. The number of rotatable bonds is 4. The fourth-order valence-corrected chi connectivity index (χ4v) is 1.77. The van der Waals surface area contributed by atoms with Gasteiger partial charge in [-0.05, 0) is 0 Å². The Balaban J connectivity index is 2.13. The smallest absolute Gasteiger partial charge is 0.223 e. The van der Waals surface area contributed by atoms with E-state index in [9.17, 15) is 4.79 Å². The zero-order valence-corrected chi connectivity index (χ0v) is 9.31. The third-order valence-corrected chi connectivity index (χ3v) is 2.73. The number of hydrogen-bond acceptors (Lipinski definition) is 1. The van der Waals surface area contributed by atoms with Crippen LogP contribution in [0.15, 0.2) is 0 Å². The molecule has 0 aromatic rings. The van der Waals surface area contributed by atoms with E-state index in [0.29, 0.717) is 0 Å². The lowest BCUT2D eigenvalue weighted by molar-refractivity contribution is -0.856. The quantitative estimate of drug-likeness (QED) is 0.453. The van der Waals surface area contributed by atoms with Gasteiger partial charge in [0.2, 0.25) is 5.91 Å². The van der Waals surface area contributed by atoms with Crippen LogP contribution in [0.4, 0.5) is 0 Å². The van der Waals surface area contributed by atoms with Gasteiger partial charge in [-0.15, -0.1) is 0 Å². The van der Waals surface area contributed by atoms with Crippen LogP contribution in [0.5, 0.6) is 0 Å². The van der Waals surface area contributed by atoms with Crippen molar-refractivity contribution >= 4 is 5.91 Å². The van der Waals surface area contributed by atoms with Crippen LogP contribution < -0.4 is 15.5 Å². The summed E-state index contributed by atoms with van der Waals surface area (Å²) < 4.78 is 0. The van der Waals surface area contributed by atoms with Gasteiger partial charge in [0.15, 0.2) is 0 Å². The maximum atomic E-state index is 11.6. The van der Waals surface area contributed by atoms with Crippen molar-refractivity contribution in [3.05, 3.63) is 0 Å². The van der Waals surface area contributed by atoms with Gasteiger partial charge >= 0.3 is 0 Å². The average molecular weight is 201 g/mol. The van der Waals surface area contributed by atoms with Crippen molar-refractivity contribution in [3.8, 4) is 0 Å². The first kappa shape index (κ1) is 11.5. The largest absolute Gasteiger partial charge is 0.350 e. The van der Waals surface area contributed by atoms with Gasteiger partial charge in [0.25, 0.3) is 0 Å². The van der Waals surface area contributed by atoms with Gasteiger partial charge in [-0.2, -0.15) is 0 Å². The molecule has 1 saturated heterocycles. The second kappa shape index (κ2) is 5.98. The van der Waals surface area contributed by atoms with Crippen molar-refractivity contribution in [1.29, 1.82) is 0 Å². The van der Waals surface area contributed by atoms with Crippen LogP contribution in [0.1, 0.15) is 12.8 Å². The molecule has 4 heteroatoms. The summed E-state index contributed by atoms with van der Waals surface area (Å²) in [6, 6.07) is 0. The highest BCUT2D eigenvalue weighted by molar-refractivity contribution is 5.78. The van der Waals surface area contributed by atoms with Gasteiger partial charge in [-0.25, -0.2) is 0 Å². The van der Waals surface area contributed by atoms with Crippen molar-refractivity contribution < 1.29 is 15.0 Å². The lowest BCUT2D eigenvalue weighted by atomic mass is 9.97. The maximum Gasteiger partial charge on any atom is 0.223 e. The zero-order valence-electron chi connectivity index (χ0n) is 9.31. The molecular weight excluding hydrogens is 178 g/mol. The van der Waals surface area contributed by atoms with Gasteiger partial charge in [0.05, 0.1) is 40.3 Å². The predicted molar refractivity (Wildman–Crippen MR) is 55.1 cm³/mol. The van der Waals surface area contributed by atoms with E-state index in [1.165, 1.54) is 4.90 Å². The molecule has 1 fully saturated rings. The predicted octanol–water partition coefficient (Wildman–Crippen LogP) is -2.78. The number of amides is 1. The van der Waals surface area contributed by atoms with Crippen LogP contribution in [-0.4, -0.2) is 46.2 Å². The van der Waals surface area contributed by atoms with Crippen molar-refractivity contribution in [2.75, 3.05) is 40.3 Å². The van der Waals surface area contributed by atoms with E-state index < -0.39 is 0 Å². The minimum atomic E-state index is 0.263. The van der Waals surface area contributed by atoms with E-state index in [-0.39, 0.29) is 11.8 Å². The molecule has 0 radical (unpaired) electrons. The van der Waals surface area contributed by atoms with E-state index in [1.54, 1.807) is 0 Å². The van der Waals surface area contributed by atoms with E-state index >= 15 is 0 Å². The third kappa shape index (κ3) is 4.07. The Hall–Kier alpha value is -0.610. The number of hydrogen-bond donors (Lipinski definition) is 3. The first-order valence-corrected chi connectivity index (χ1v) is 5.58. The molecule has 4 nitrogen and oxygen atoms in total. The summed E-state index contributed by atoms with van der Waals surface area (Å²) in [5.41, 5.74) is 0. The van der Waals surface area contributed by atoms with E-state index in [1.807, 2.05) is 0 Å². The van der Waals surface area contributed by atoms with Crippen LogP contribution >= 0.6 is 0 Å². The molecule has 0 spiro atoms. The summed E-state index contributed by atoms with van der Waals surface area (Å²) in [5, 5.41) is 5.30. The Morgan fingerprint density at radius 3 is 2.64 bits per heavy atom. The highest BCUT2D eigenvalue weighted by Gasteiger charge is 2.22. The van der Waals surface area contributed by atoms with E-state index in [4.69, 9.17) is 0 Å². The molecule has 1 aliphatic rings. The van der Waals surface area contributed by atoms with Crippen molar-refractivity contribution in [1.82, 2.24) is 5.32 Å². The first-order valence-electron chi connectivity index (χ1n) is 5.58. The second-order valence-electron chi connectivity index (χ2n) is 4.39.